The first-order chi connectivity index (χ1) is 16.2. The van der Waals surface area contributed by atoms with Crippen molar-refractivity contribution in [3.63, 3.8) is 0 Å². The van der Waals surface area contributed by atoms with Crippen molar-refractivity contribution >= 4 is 17.5 Å². The van der Waals surface area contributed by atoms with Crippen molar-refractivity contribution in [1.82, 2.24) is 0 Å². The molecule has 188 valence electrons. The number of rotatable bonds is 1. The lowest BCUT2D eigenvalue weighted by Crippen LogP contribution is -2.65. The van der Waals surface area contributed by atoms with E-state index in [0.29, 0.717) is 25.2 Å². The fourth-order valence-corrected chi connectivity index (χ4v) is 9.85. The fourth-order valence-electron chi connectivity index (χ4n) is 9.85. The number of fused-ring (bicyclic) bond motifs is 7. The van der Waals surface area contributed by atoms with E-state index in [1.807, 2.05) is 26.0 Å². The van der Waals surface area contributed by atoms with Crippen LogP contribution in [-0.2, 0) is 14.4 Å². The van der Waals surface area contributed by atoms with Crippen molar-refractivity contribution in [2.45, 2.75) is 86.5 Å². The SMILES string of the molecule is C[C@H]1CC[C@]2(C(=O)O)CC[C@]3(C)C(C(=O)C=C4[C@@]5(C)C=C(C#N)C(=O)C(C)(C)C5CC[C@]43C)C2C1. The smallest absolute Gasteiger partial charge is 0.309 e. The van der Waals surface area contributed by atoms with Gasteiger partial charge in [0.25, 0.3) is 0 Å². The van der Waals surface area contributed by atoms with Crippen molar-refractivity contribution in [2.24, 2.45) is 50.7 Å². The molecule has 0 aliphatic heterocycles. The van der Waals surface area contributed by atoms with Gasteiger partial charge in [-0.15, -0.1) is 0 Å². The lowest BCUT2D eigenvalue weighted by molar-refractivity contribution is -0.185. The van der Waals surface area contributed by atoms with Crippen LogP contribution in [0.4, 0.5) is 0 Å². The topological polar surface area (TPSA) is 95.2 Å². The second-order valence-corrected chi connectivity index (χ2v) is 13.7. The molecular formula is C30H39NO4. The van der Waals surface area contributed by atoms with Crippen molar-refractivity contribution in [2.75, 3.05) is 0 Å². The Morgan fingerprint density at radius 1 is 1.06 bits per heavy atom. The van der Waals surface area contributed by atoms with Crippen molar-refractivity contribution in [3.8, 4) is 6.07 Å². The van der Waals surface area contributed by atoms with Gasteiger partial charge in [-0.1, -0.05) is 53.2 Å². The summed E-state index contributed by atoms with van der Waals surface area (Å²) in [5.74, 6) is -0.783. The van der Waals surface area contributed by atoms with Gasteiger partial charge in [0.2, 0.25) is 0 Å². The Hall–Kier alpha value is -2.22. The average molecular weight is 478 g/mol. The Morgan fingerprint density at radius 3 is 2.37 bits per heavy atom. The molecule has 5 aliphatic carbocycles. The number of aliphatic carboxylic acids is 1. The highest BCUT2D eigenvalue weighted by Gasteiger charge is 2.70. The second kappa shape index (κ2) is 7.17. The minimum atomic E-state index is -0.803. The Labute approximate surface area is 209 Å². The molecule has 0 amide bonds. The number of carbonyl (C=O) groups excluding carboxylic acids is 2. The summed E-state index contributed by atoms with van der Waals surface area (Å²) in [4.78, 5) is 39.9. The van der Waals surface area contributed by atoms with Crippen molar-refractivity contribution < 1.29 is 19.5 Å². The third kappa shape index (κ3) is 2.77. The molecule has 35 heavy (non-hydrogen) atoms. The van der Waals surface area contributed by atoms with Gasteiger partial charge >= 0.3 is 5.97 Å². The molecule has 8 atom stereocenters. The van der Waals surface area contributed by atoms with E-state index in [2.05, 4.69) is 33.8 Å². The molecular weight excluding hydrogens is 438 g/mol. The van der Waals surface area contributed by atoms with Crippen LogP contribution in [0.1, 0.15) is 86.5 Å². The number of hydrogen-bond acceptors (Lipinski definition) is 4. The molecule has 0 heterocycles. The standard InChI is InChI=1S/C30H39NO4/c1-17-7-10-30(25(34)35)12-11-29(6)23(19(30)13-17)20(32)14-22-27(4)15-18(16-31)24(33)26(2,3)21(27)8-9-28(22,29)5/h14-15,17,19,21,23H,7-13H2,1-6H3,(H,34,35)/t17-,19?,21?,23?,27-,28+,29+,30-/m0/s1. The summed E-state index contributed by atoms with van der Waals surface area (Å²) in [6.07, 6.45) is 9.10. The normalized spacial score (nSPS) is 48.3. The predicted molar refractivity (Wildman–Crippen MR) is 132 cm³/mol. The summed E-state index contributed by atoms with van der Waals surface area (Å²) in [7, 11) is 0. The molecule has 3 saturated carbocycles. The van der Waals surface area contributed by atoms with Crippen LogP contribution >= 0.6 is 0 Å². The van der Waals surface area contributed by atoms with Crippen LogP contribution in [0.5, 0.6) is 0 Å². The van der Waals surface area contributed by atoms with Gasteiger partial charge in [-0.3, -0.25) is 14.4 Å². The van der Waals surface area contributed by atoms with E-state index >= 15 is 0 Å². The number of Topliss-reactive ketones (excluding diaryl/α,β-unsaturated/α-hetero) is 1. The number of nitrogens with zero attached hydrogens (tertiary/aromatic N) is 1. The van der Waals surface area contributed by atoms with Gasteiger partial charge in [0.15, 0.2) is 11.6 Å². The van der Waals surface area contributed by atoms with Crippen LogP contribution in [0.15, 0.2) is 23.3 Å². The van der Waals surface area contributed by atoms with Gasteiger partial charge in [0.1, 0.15) is 6.07 Å². The van der Waals surface area contributed by atoms with E-state index in [4.69, 9.17) is 0 Å². The number of ketones is 2. The molecule has 0 radical (unpaired) electrons. The van der Waals surface area contributed by atoms with Crippen LogP contribution in [0.25, 0.3) is 0 Å². The monoisotopic (exact) mass is 477 g/mol. The maximum absolute atomic E-state index is 14.1. The highest BCUT2D eigenvalue weighted by molar-refractivity contribution is 6.04. The zero-order valence-electron chi connectivity index (χ0n) is 22.0. The van der Waals surface area contributed by atoms with E-state index in [0.717, 1.165) is 31.3 Å². The van der Waals surface area contributed by atoms with Crippen LogP contribution in [-0.4, -0.2) is 22.6 Å². The number of nitriles is 1. The van der Waals surface area contributed by atoms with E-state index in [9.17, 15) is 24.8 Å². The summed E-state index contributed by atoms with van der Waals surface area (Å²) >= 11 is 0. The van der Waals surface area contributed by atoms with E-state index < -0.39 is 22.2 Å². The van der Waals surface area contributed by atoms with Crippen LogP contribution in [0.3, 0.4) is 0 Å². The van der Waals surface area contributed by atoms with Crippen molar-refractivity contribution in [1.29, 1.82) is 5.26 Å². The molecule has 0 saturated heterocycles. The summed E-state index contributed by atoms with van der Waals surface area (Å²) in [5.41, 5.74) is -1.42. The molecule has 5 nitrogen and oxygen atoms in total. The Bertz CT molecular complexity index is 1140. The second-order valence-electron chi connectivity index (χ2n) is 13.7. The predicted octanol–water partition coefficient (Wildman–Crippen LogP) is 5.90. The number of allylic oxidation sites excluding steroid dienone is 4. The molecule has 0 bridgehead atoms. The summed E-state index contributed by atoms with van der Waals surface area (Å²) in [6.45, 7) is 12.7. The van der Waals surface area contributed by atoms with E-state index in [-0.39, 0.29) is 45.7 Å². The van der Waals surface area contributed by atoms with E-state index in [1.54, 1.807) is 0 Å². The number of hydrogen-bond donors (Lipinski definition) is 1. The van der Waals surface area contributed by atoms with Crippen LogP contribution in [0.2, 0.25) is 0 Å². The highest BCUT2D eigenvalue weighted by atomic mass is 16.4. The lowest BCUT2D eigenvalue weighted by atomic mass is 9.34. The maximum atomic E-state index is 14.1. The van der Waals surface area contributed by atoms with Crippen LogP contribution in [0, 0.1) is 62.1 Å². The quantitative estimate of drug-likeness (QED) is 0.507. The Morgan fingerprint density at radius 2 is 1.74 bits per heavy atom. The lowest BCUT2D eigenvalue weighted by Gasteiger charge is -2.68. The fraction of sp³-hybridized carbons (Fsp3) is 0.733. The average Bonchev–Trinajstić information content (AvgIpc) is 2.78. The molecule has 0 aromatic rings. The summed E-state index contributed by atoms with van der Waals surface area (Å²) in [5, 5.41) is 20.2. The van der Waals surface area contributed by atoms with Gasteiger partial charge in [-0.05, 0) is 79.6 Å². The maximum Gasteiger partial charge on any atom is 0.309 e. The summed E-state index contributed by atoms with van der Waals surface area (Å²) in [6, 6.07) is 2.15. The Kier molecular flexibility index (Phi) is 5.02. The van der Waals surface area contributed by atoms with Gasteiger partial charge in [-0.2, -0.15) is 5.26 Å². The first kappa shape index (κ1) is 24.5. The summed E-state index contributed by atoms with van der Waals surface area (Å²) < 4.78 is 0. The van der Waals surface area contributed by atoms with Crippen molar-refractivity contribution in [3.05, 3.63) is 23.3 Å². The zero-order chi connectivity index (χ0) is 25.8. The van der Waals surface area contributed by atoms with Gasteiger partial charge in [0.05, 0.1) is 11.0 Å². The van der Waals surface area contributed by atoms with Gasteiger partial charge in [0, 0.05) is 16.7 Å². The molecule has 5 aliphatic rings. The molecule has 3 unspecified atom stereocenters. The zero-order valence-corrected chi connectivity index (χ0v) is 22.0. The third-order valence-corrected chi connectivity index (χ3v) is 12.0. The van der Waals surface area contributed by atoms with E-state index in [1.165, 1.54) is 0 Å². The first-order valence-electron chi connectivity index (χ1n) is 13.4. The Balaban J connectivity index is 1.70. The molecule has 0 spiro atoms. The molecule has 0 aromatic carbocycles. The highest BCUT2D eigenvalue weighted by Crippen LogP contribution is 2.74. The number of carbonyl (C=O) groups is 3. The third-order valence-electron chi connectivity index (χ3n) is 12.0. The molecule has 5 heteroatoms. The molecule has 5 rings (SSSR count). The van der Waals surface area contributed by atoms with Gasteiger partial charge < -0.3 is 5.11 Å². The minimum Gasteiger partial charge on any atom is -0.481 e. The number of carboxylic acid groups (broad SMARTS) is 1. The van der Waals surface area contributed by atoms with Crippen LogP contribution < -0.4 is 0 Å². The largest absolute Gasteiger partial charge is 0.481 e. The van der Waals surface area contributed by atoms with Gasteiger partial charge in [-0.25, -0.2) is 0 Å². The first-order valence-corrected chi connectivity index (χ1v) is 13.4. The minimum absolute atomic E-state index is 0.0169. The molecule has 0 aromatic heterocycles. The molecule has 3 fully saturated rings. The molecule has 1 N–H and O–H groups in total. The number of carboxylic acids is 1.